The number of fused-ring (bicyclic) bond motifs is 1. The van der Waals surface area contributed by atoms with Gasteiger partial charge in [0.15, 0.2) is 0 Å². The second kappa shape index (κ2) is 4.77. The van der Waals surface area contributed by atoms with Gasteiger partial charge in [-0.2, -0.15) is 0 Å². The minimum atomic E-state index is -0.274. The number of hydrogen-bond acceptors (Lipinski definition) is 4. The number of furan rings is 1. The number of thiophene rings is 1. The van der Waals surface area contributed by atoms with Gasteiger partial charge >= 0.3 is 0 Å². The highest BCUT2D eigenvalue weighted by atomic mass is 32.1. The van der Waals surface area contributed by atoms with Crippen LogP contribution in [-0.2, 0) is 0 Å². The third-order valence-electron chi connectivity index (χ3n) is 2.99. The number of nitrogens with two attached hydrogens (primary N) is 1. The van der Waals surface area contributed by atoms with Crippen LogP contribution < -0.4 is 11.3 Å². The van der Waals surface area contributed by atoms with Crippen molar-refractivity contribution in [3.63, 3.8) is 0 Å². The van der Waals surface area contributed by atoms with E-state index in [-0.39, 0.29) is 11.9 Å². The van der Waals surface area contributed by atoms with E-state index in [1.54, 1.807) is 17.4 Å². The van der Waals surface area contributed by atoms with Gasteiger partial charge in [0.25, 0.3) is 0 Å². The molecule has 0 spiro atoms. The summed E-state index contributed by atoms with van der Waals surface area (Å²) in [7, 11) is 0. The van der Waals surface area contributed by atoms with Crippen LogP contribution in [0.1, 0.15) is 21.6 Å². The van der Waals surface area contributed by atoms with E-state index < -0.39 is 0 Å². The Kier molecular flexibility index (Phi) is 3.10. The Hall–Kier alpha value is -1.69. The topological polar surface area (TPSA) is 51.2 Å². The molecule has 0 amide bonds. The third kappa shape index (κ3) is 2.28. The largest absolute Gasteiger partial charge is 0.459 e. The summed E-state index contributed by atoms with van der Waals surface area (Å²) in [5, 5.41) is 0.739. The zero-order chi connectivity index (χ0) is 13.4. The Morgan fingerprint density at radius 1 is 1.26 bits per heavy atom. The van der Waals surface area contributed by atoms with E-state index in [0.717, 1.165) is 10.3 Å². The molecule has 3 N–H and O–H groups in total. The molecule has 0 aliphatic heterocycles. The molecule has 2 heterocycles. The molecule has 98 valence electrons. The Balaban J connectivity index is 2.06. The van der Waals surface area contributed by atoms with Gasteiger partial charge in [-0.15, -0.1) is 11.3 Å². The van der Waals surface area contributed by atoms with Crippen LogP contribution in [0.2, 0.25) is 0 Å². The fourth-order valence-electron chi connectivity index (χ4n) is 2.09. The summed E-state index contributed by atoms with van der Waals surface area (Å²) in [6, 6.07) is 10.1. The Morgan fingerprint density at radius 2 is 2.11 bits per heavy atom. The summed E-state index contributed by atoms with van der Waals surface area (Å²) in [5.74, 6) is 6.03. The third-order valence-corrected chi connectivity index (χ3v) is 4.06. The molecule has 0 bridgehead atoms. The Labute approximate surface area is 113 Å². The second-order valence-electron chi connectivity index (χ2n) is 4.38. The summed E-state index contributed by atoms with van der Waals surface area (Å²) < 4.78 is 18.9. The number of benzene rings is 1. The van der Waals surface area contributed by atoms with Crippen molar-refractivity contribution in [2.24, 2.45) is 5.84 Å². The highest BCUT2D eigenvalue weighted by Gasteiger charge is 2.18. The van der Waals surface area contributed by atoms with Crippen LogP contribution in [0, 0.1) is 12.7 Å². The lowest BCUT2D eigenvalue weighted by Crippen LogP contribution is -2.27. The average molecular weight is 276 g/mol. The second-order valence-corrected chi connectivity index (χ2v) is 5.70. The predicted octanol–water partition coefficient (Wildman–Crippen LogP) is 3.49. The number of hydrazine groups is 1. The summed E-state index contributed by atoms with van der Waals surface area (Å²) in [6.45, 7) is 2.04. The van der Waals surface area contributed by atoms with Crippen molar-refractivity contribution in [1.29, 1.82) is 0 Å². The van der Waals surface area contributed by atoms with Gasteiger partial charge in [0.1, 0.15) is 23.2 Å². The van der Waals surface area contributed by atoms with Crippen LogP contribution >= 0.6 is 11.3 Å². The molecule has 3 nitrogen and oxygen atoms in total. The normalized spacial score (nSPS) is 13.0. The van der Waals surface area contributed by atoms with Crippen molar-refractivity contribution < 1.29 is 8.81 Å². The quantitative estimate of drug-likeness (QED) is 0.568. The molecule has 19 heavy (non-hydrogen) atoms. The number of rotatable bonds is 3. The van der Waals surface area contributed by atoms with Gasteiger partial charge in [-0.05, 0) is 43.3 Å². The summed E-state index contributed by atoms with van der Waals surface area (Å²) in [6.07, 6.45) is 0. The van der Waals surface area contributed by atoms with E-state index in [1.165, 1.54) is 17.0 Å². The van der Waals surface area contributed by atoms with E-state index in [4.69, 9.17) is 10.3 Å². The number of aryl methyl sites for hydroxylation is 1. The smallest absolute Gasteiger partial charge is 0.134 e. The van der Waals surface area contributed by atoms with Gasteiger partial charge in [0.05, 0.1) is 0 Å². The molecule has 3 rings (SSSR count). The highest BCUT2D eigenvalue weighted by molar-refractivity contribution is 7.12. The molecule has 0 saturated carbocycles. The highest BCUT2D eigenvalue weighted by Crippen LogP contribution is 2.31. The summed E-state index contributed by atoms with van der Waals surface area (Å²) >= 11 is 1.65. The zero-order valence-electron chi connectivity index (χ0n) is 10.3. The van der Waals surface area contributed by atoms with E-state index in [9.17, 15) is 4.39 Å². The first-order valence-electron chi connectivity index (χ1n) is 5.89. The minimum absolute atomic E-state index is 0.214. The number of nitrogens with one attached hydrogen (secondary N) is 1. The molecule has 1 aromatic carbocycles. The lowest BCUT2D eigenvalue weighted by Gasteiger charge is -2.10. The fourth-order valence-corrected chi connectivity index (χ4v) is 3.04. The van der Waals surface area contributed by atoms with E-state index >= 15 is 0 Å². The van der Waals surface area contributed by atoms with Crippen LogP contribution in [0.3, 0.4) is 0 Å². The van der Waals surface area contributed by atoms with Crippen molar-refractivity contribution >= 4 is 22.3 Å². The molecule has 3 aromatic rings. The minimum Gasteiger partial charge on any atom is -0.459 e. The molecule has 0 fully saturated rings. The van der Waals surface area contributed by atoms with Crippen LogP contribution in [0.5, 0.6) is 0 Å². The van der Waals surface area contributed by atoms with Crippen LogP contribution in [0.4, 0.5) is 4.39 Å². The monoisotopic (exact) mass is 276 g/mol. The molecule has 5 heteroatoms. The molecule has 0 aliphatic carbocycles. The molecule has 0 saturated heterocycles. The summed E-state index contributed by atoms with van der Waals surface area (Å²) in [4.78, 5) is 2.27. The molecular weight excluding hydrogens is 263 g/mol. The molecule has 1 unspecified atom stereocenters. The maximum Gasteiger partial charge on any atom is 0.134 e. The maximum atomic E-state index is 13.2. The van der Waals surface area contributed by atoms with Gasteiger partial charge < -0.3 is 4.42 Å². The van der Waals surface area contributed by atoms with Gasteiger partial charge in [-0.3, -0.25) is 5.84 Å². The predicted molar refractivity (Wildman–Crippen MR) is 74.4 cm³/mol. The lowest BCUT2D eigenvalue weighted by molar-refractivity contribution is 0.481. The molecule has 1 atom stereocenters. The van der Waals surface area contributed by atoms with Crippen molar-refractivity contribution in [2.75, 3.05) is 0 Å². The van der Waals surface area contributed by atoms with Gasteiger partial charge in [-0.1, -0.05) is 0 Å². The maximum absolute atomic E-state index is 13.2. The summed E-state index contributed by atoms with van der Waals surface area (Å²) in [5.41, 5.74) is 3.40. The Morgan fingerprint density at radius 3 is 2.79 bits per heavy atom. The SMILES string of the molecule is Cc1ccc(C(NN)c2cc3cc(F)ccc3o2)s1. The van der Waals surface area contributed by atoms with E-state index in [2.05, 4.69) is 5.43 Å². The van der Waals surface area contributed by atoms with E-state index in [1.807, 2.05) is 25.1 Å². The van der Waals surface area contributed by atoms with Crippen molar-refractivity contribution in [1.82, 2.24) is 5.43 Å². The number of hydrogen-bond donors (Lipinski definition) is 2. The molecule has 2 aromatic heterocycles. The molecular formula is C14H13FN2OS. The van der Waals surface area contributed by atoms with Crippen LogP contribution in [-0.4, -0.2) is 0 Å². The van der Waals surface area contributed by atoms with Crippen LogP contribution in [0.25, 0.3) is 11.0 Å². The van der Waals surface area contributed by atoms with Crippen molar-refractivity contribution in [2.45, 2.75) is 13.0 Å². The van der Waals surface area contributed by atoms with Gasteiger partial charge in [0.2, 0.25) is 0 Å². The van der Waals surface area contributed by atoms with Crippen LogP contribution in [0.15, 0.2) is 40.8 Å². The average Bonchev–Trinajstić information content (AvgIpc) is 2.96. The standard InChI is InChI=1S/C14H13FN2OS/c1-8-2-5-13(19-8)14(17-16)12-7-9-6-10(15)3-4-11(9)18-12/h2-7,14,17H,16H2,1H3. The van der Waals surface area contributed by atoms with Crippen molar-refractivity contribution in [3.8, 4) is 0 Å². The number of halogens is 1. The van der Waals surface area contributed by atoms with Gasteiger partial charge in [-0.25, -0.2) is 9.82 Å². The first-order valence-corrected chi connectivity index (χ1v) is 6.70. The zero-order valence-corrected chi connectivity index (χ0v) is 11.1. The first kappa shape index (κ1) is 12.3. The van der Waals surface area contributed by atoms with Gasteiger partial charge in [0, 0.05) is 15.1 Å². The molecule has 0 aliphatic rings. The van der Waals surface area contributed by atoms with Crippen molar-refractivity contribution in [3.05, 3.63) is 57.7 Å². The Bertz CT molecular complexity index is 719. The molecule has 0 radical (unpaired) electrons. The fraction of sp³-hybridized carbons (Fsp3) is 0.143. The lowest BCUT2D eigenvalue weighted by atomic mass is 10.1. The first-order chi connectivity index (χ1) is 9.17. The van der Waals surface area contributed by atoms with E-state index in [0.29, 0.717) is 11.3 Å².